The van der Waals surface area contributed by atoms with Crippen LogP contribution in [0.1, 0.15) is 18.4 Å². The highest BCUT2D eigenvalue weighted by Gasteiger charge is 2.23. The highest BCUT2D eigenvalue weighted by atomic mass is 16.5. The zero-order valence-electron chi connectivity index (χ0n) is 14.1. The molecule has 5 heteroatoms. The maximum absolute atomic E-state index is 12.4. The number of phenolic OH excluding ortho intramolecular Hbond substituents is 1. The minimum Gasteiger partial charge on any atom is -0.508 e. The Morgan fingerprint density at radius 3 is 2.67 bits per heavy atom. The molecule has 0 bridgehead atoms. The maximum Gasteiger partial charge on any atom is 0.236 e. The lowest BCUT2D eigenvalue weighted by molar-refractivity contribution is -0.134. The van der Waals surface area contributed by atoms with Crippen LogP contribution in [0.15, 0.2) is 30.3 Å². The average molecular weight is 330 g/mol. The molecule has 1 amide bonds. The van der Waals surface area contributed by atoms with Crippen molar-refractivity contribution in [2.75, 3.05) is 45.9 Å². The van der Waals surface area contributed by atoms with E-state index in [-0.39, 0.29) is 5.91 Å². The van der Waals surface area contributed by atoms with Crippen molar-refractivity contribution < 1.29 is 14.6 Å². The molecule has 0 spiro atoms. The van der Waals surface area contributed by atoms with E-state index in [0.29, 0.717) is 18.2 Å². The fourth-order valence-corrected chi connectivity index (χ4v) is 3.27. The van der Waals surface area contributed by atoms with Crippen LogP contribution in [0, 0.1) is 5.92 Å². The predicted octanol–water partition coefficient (Wildman–Crippen LogP) is 1.98. The molecule has 24 heavy (non-hydrogen) atoms. The molecule has 2 fully saturated rings. The monoisotopic (exact) mass is 330 g/mol. The standard InChI is InChI=1S/C19H26N2O3/c22-18-3-1-2-17(14-18)5-4-16-6-8-21(9-7-16)19(23)15-20-10-12-24-13-11-20/h1-5,14,16,22H,6-13,15H2. The lowest BCUT2D eigenvalue weighted by atomic mass is 9.95. The number of carbonyl (C=O) groups is 1. The second-order valence-electron chi connectivity index (χ2n) is 6.56. The minimum atomic E-state index is 0.243. The summed E-state index contributed by atoms with van der Waals surface area (Å²) in [5.41, 5.74) is 1.01. The fraction of sp³-hybridized carbons (Fsp3) is 0.526. The van der Waals surface area contributed by atoms with Crippen molar-refractivity contribution >= 4 is 12.0 Å². The summed E-state index contributed by atoms with van der Waals surface area (Å²) in [5.74, 6) is 1.03. The van der Waals surface area contributed by atoms with Crippen LogP contribution in [-0.4, -0.2) is 66.8 Å². The number of phenols is 1. The number of hydrogen-bond acceptors (Lipinski definition) is 4. The van der Waals surface area contributed by atoms with Crippen molar-refractivity contribution in [3.63, 3.8) is 0 Å². The molecular weight excluding hydrogens is 304 g/mol. The summed E-state index contributed by atoms with van der Waals surface area (Å²) in [5, 5.41) is 9.49. The quantitative estimate of drug-likeness (QED) is 0.917. The largest absolute Gasteiger partial charge is 0.508 e. The van der Waals surface area contributed by atoms with E-state index in [1.54, 1.807) is 12.1 Å². The van der Waals surface area contributed by atoms with Crippen LogP contribution in [0.3, 0.4) is 0 Å². The third kappa shape index (κ3) is 4.82. The number of rotatable bonds is 4. The van der Waals surface area contributed by atoms with Gasteiger partial charge < -0.3 is 14.7 Å². The van der Waals surface area contributed by atoms with Gasteiger partial charge in [0.2, 0.25) is 5.91 Å². The van der Waals surface area contributed by atoms with Gasteiger partial charge in [0.05, 0.1) is 19.8 Å². The molecule has 1 aromatic rings. The summed E-state index contributed by atoms with van der Waals surface area (Å²) < 4.78 is 5.32. The number of amides is 1. The van der Waals surface area contributed by atoms with Gasteiger partial charge in [-0.3, -0.25) is 9.69 Å². The van der Waals surface area contributed by atoms with Crippen molar-refractivity contribution in [2.45, 2.75) is 12.8 Å². The molecule has 0 unspecified atom stereocenters. The van der Waals surface area contributed by atoms with E-state index in [1.807, 2.05) is 17.0 Å². The Kier molecular flexibility index (Phi) is 5.88. The van der Waals surface area contributed by atoms with Gasteiger partial charge in [-0.05, 0) is 36.5 Å². The van der Waals surface area contributed by atoms with Crippen LogP contribution in [-0.2, 0) is 9.53 Å². The molecule has 1 N–H and O–H groups in total. The Bertz CT molecular complexity index is 574. The average Bonchev–Trinajstić information content (AvgIpc) is 2.61. The SMILES string of the molecule is O=C(CN1CCOCC1)N1CCC(C=Cc2cccc(O)c2)CC1. The van der Waals surface area contributed by atoms with Crippen LogP contribution in [0.25, 0.3) is 6.08 Å². The van der Waals surface area contributed by atoms with Crippen molar-refractivity contribution in [3.8, 4) is 5.75 Å². The van der Waals surface area contributed by atoms with E-state index >= 15 is 0 Å². The second-order valence-corrected chi connectivity index (χ2v) is 6.56. The van der Waals surface area contributed by atoms with Gasteiger partial charge in [-0.25, -0.2) is 0 Å². The Labute approximate surface area is 143 Å². The molecule has 2 aliphatic rings. The number of allylic oxidation sites excluding steroid dienone is 1. The molecule has 1 aromatic carbocycles. The normalized spacial score (nSPS) is 20.6. The zero-order chi connectivity index (χ0) is 16.8. The number of ether oxygens (including phenoxy) is 1. The minimum absolute atomic E-state index is 0.243. The molecular formula is C19H26N2O3. The highest BCUT2D eigenvalue weighted by molar-refractivity contribution is 5.78. The number of nitrogens with zero attached hydrogens (tertiary/aromatic N) is 2. The molecule has 0 atom stereocenters. The van der Waals surface area contributed by atoms with Crippen molar-refractivity contribution in [1.82, 2.24) is 9.80 Å². The summed E-state index contributed by atoms with van der Waals surface area (Å²) in [6.07, 6.45) is 6.28. The van der Waals surface area contributed by atoms with Crippen LogP contribution in [0.2, 0.25) is 0 Å². The Hall–Kier alpha value is -1.85. The first kappa shape index (κ1) is 17.0. The lowest BCUT2D eigenvalue weighted by Crippen LogP contribution is -2.46. The number of aromatic hydroxyl groups is 1. The molecule has 0 radical (unpaired) electrons. The summed E-state index contributed by atoms with van der Waals surface area (Å²) in [4.78, 5) is 16.6. The van der Waals surface area contributed by atoms with Gasteiger partial charge in [0.15, 0.2) is 0 Å². The molecule has 2 heterocycles. The van der Waals surface area contributed by atoms with Crippen molar-refractivity contribution in [1.29, 1.82) is 0 Å². The molecule has 0 aliphatic carbocycles. The van der Waals surface area contributed by atoms with Gasteiger partial charge in [0, 0.05) is 26.2 Å². The van der Waals surface area contributed by atoms with Crippen LogP contribution >= 0.6 is 0 Å². The smallest absolute Gasteiger partial charge is 0.236 e. The van der Waals surface area contributed by atoms with Crippen LogP contribution < -0.4 is 0 Å². The Balaban J connectivity index is 1.44. The van der Waals surface area contributed by atoms with Gasteiger partial charge in [-0.1, -0.05) is 24.3 Å². The summed E-state index contributed by atoms with van der Waals surface area (Å²) in [7, 11) is 0. The Morgan fingerprint density at radius 1 is 1.21 bits per heavy atom. The summed E-state index contributed by atoms with van der Waals surface area (Å²) >= 11 is 0. The first-order chi connectivity index (χ1) is 11.7. The number of hydrogen-bond donors (Lipinski definition) is 1. The van der Waals surface area contributed by atoms with Crippen LogP contribution in [0.5, 0.6) is 5.75 Å². The lowest BCUT2D eigenvalue weighted by Gasteiger charge is -2.33. The fourth-order valence-electron chi connectivity index (χ4n) is 3.27. The second kappa shape index (κ2) is 8.31. The van der Waals surface area contributed by atoms with E-state index in [9.17, 15) is 9.90 Å². The van der Waals surface area contributed by atoms with Crippen molar-refractivity contribution in [3.05, 3.63) is 35.9 Å². The van der Waals surface area contributed by atoms with E-state index in [1.165, 1.54) is 0 Å². The zero-order valence-corrected chi connectivity index (χ0v) is 14.1. The number of likely N-dealkylation sites (tertiary alicyclic amines) is 1. The summed E-state index contributed by atoms with van der Waals surface area (Å²) in [6, 6.07) is 7.27. The molecule has 2 saturated heterocycles. The molecule has 0 saturated carbocycles. The molecule has 3 rings (SSSR count). The van der Waals surface area contributed by atoms with Gasteiger partial charge in [-0.2, -0.15) is 0 Å². The number of carbonyl (C=O) groups excluding carboxylic acids is 1. The first-order valence-corrected chi connectivity index (χ1v) is 8.76. The third-order valence-corrected chi connectivity index (χ3v) is 4.79. The van der Waals surface area contributed by atoms with E-state index < -0.39 is 0 Å². The molecule has 0 aromatic heterocycles. The first-order valence-electron chi connectivity index (χ1n) is 8.76. The molecule has 5 nitrogen and oxygen atoms in total. The number of piperidine rings is 1. The van der Waals surface area contributed by atoms with Crippen LogP contribution in [0.4, 0.5) is 0 Å². The van der Waals surface area contributed by atoms with Gasteiger partial charge in [-0.15, -0.1) is 0 Å². The Morgan fingerprint density at radius 2 is 1.96 bits per heavy atom. The molecule has 130 valence electrons. The van der Waals surface area contributed by atoms with Gasteiger partial charge in [0.1, 0.15) is 5.75 Å². The van der Waals surface area contributed by atoms with E-state index in [4.69, 9.17) is 4.74 Å². The topological polar surface area (TPSA) is 53.0 Å². The molecule has 2 aliphatic heterocycles. The van der Waals surface area contributed by atoms with Crippen molar-refractivity contribution in [2.24, 2.45) is 5.92 Å². The van der Waals surface area contributed by atoms with Gasteiger partial charge in [0.25, 0.3) is 0 Å². The summed E-state index contributed by atoms with van der Waals surface area (Å²) in [6.45, 7) is 5.36. The highest BCUT2D eigenvalue weighted by Crippen LogP contribution is 2.21. The third-order valence-electron chi connectivity index (χ3n) is 4.79. The van der Waals surface area contributed by atoms with E-state index in [0.717, 1.165) is 57.8 Å². The number of morpholine rings is 1. The maximum atomic E-state index is 12.4. The predicted molar refractivity (Wildman–Crippen MR) is 93.7 cm³/mol. The number of benzene rings is 1. The van der Waals surface area contributed by atoms with Gasteiger partial charge >= 0.3 is 0 Å². The van der Waals surface area contributed by atoms with E-state index in [2.05, 4.69) is 17.1 Å².